The summed E-state index contributed by atoms with van der Waals surface area (Å²) in [6, 6.07) is 4.07. The fourth-order valence-electron chi connectivity index (χ4n) is 2.29. The summed E-state index contributed by atoms with van der Waals surface area (Å²) in [5.41, 5.74) is 7.83. The van der Waals surface area contributed by atoms with Crippen molar-refractivity contribution in [2.45, 2.75) is 19.5 Å². The number of imidazole rings is 2. The molecule has 6 heteroatoms. The summed E-state index contributed by atoms with van der Waals surface area (Å²) in [5, 5.41) is 0. The van der Waals surface area contributed by atoms with E-state index in [1.165, 1.54) is 0 Å². The van der Waals surface area contributed by atoms with E-state index in [0.717, 1.165) is 17.8 Å². The lowest BCUT2D eigenvalue weighted by atomic mass is 10.2. The topological polar surface area (TPSA) is 74.5 Å². The molecular weight excluding hydrogens is 252 g/mol. The summed E-state index contributed by atoms with van der Waals surface area (Å²) in [6.45, 7) is 2.96. The first-order valence-corrected chi connectivity index (χ1v) is 6.44. The number of pyridine rings is 1. The van der Waals surface area contributed by atoms with Gasteiger partial charge in [0, 0.05) is 30.7 Å². The summed E-state index contributed by atoms with van der Waals surface area (Å²) >= 11 is 0. The maximum Gasteiger partial charge on any atom is 0.132 e. The zero-order chi connectivity index (χ0) is 13.9. The van der Waals surface area contributed by atoms with Crippen LogP contribution in [0.15, 0.2) is 49.6 Å². The lowest BCUT2D eigenvalue weighted by molar-refractivity contribution is 0.467. The average molecular weight is 268 g/mol. The smallest absolute Gasteiger partial charge is 0.132 e. The Hall–Kier alpha value is -2.63. The quantitative estimate of drug-likeness (QED) is 0.785. The minimum atomic E-state index is 0.237. The van der Waals surface area contributed by atoms with Gasteiger partial charge < -0.3 is 14.9 Å². The van der Waals surface area contributed by atoms with Gasteiger partial charge in [-0.2, -0.15) is 0 Å². The van der Waals surface area contributed by atoms with Gasteiger partial charge in [-0.15, -0.1) is 0 Å². The third-order valence-corrected chi connectivity index (χ3v) is 3.29. The number of rotatable bonds is 4. The maximum absolute atomic E-state index is 5.95. The number of anilines is 1. The van der Waals surface area contributed by atoms with Gasteiger partial charge in [0.2, 0.25) is 0 Å². The van der Waals surface area contributed by atoms with E-state index in [9.17, 15) is 0 Å². The third-order valence-electron chi connectivity index (χ3n) is 3.29. The Kier molecular flexibility index (Phi) is 3.20. The third kappa shape index (κ3) is 2.27. The van der Waals surface area contributed by atoms with Crippen LogP contribution in [-0.4, -0.2) is 24.1 Å². The summed E-state index contributed by atoms with van der Waals surface area (Å²) in [6.07, 6.45) is 10.9. The molecule has 102 valence electrons. The van der Waals surface area contributed by atoms with Crippen LogP contribution in [0.5, 0.6) is 0 Å². The van der Waals surface area contributed by atoms with Crippen LogP contribution in [-0.2, 0) is 6.54 Å². The second-order valence-electron chi connectivity index (χ2n) is 4.73. The molecular formula is C14H16N6. The van der Waals surface area contributed by atoms with Gasteiger partial charge in [0.25, 0.3) is 0 Å². The van der Waals surface area contributed by atoms with Crippen LogP contribution in [0.2, 0.25) is 0 Å². The molecule has 1 unspecified atom stereocenters. The lowest BCUT2D eigenvalue weighted by Gasteiger charge is -2.17. The van der Waals surface area contributed by atoms with Crippen molar-refractivity contribution in [1.82, 2.24) is 24.1 Å². The van der Waals surface area contributed by atoms with Crippen molar-refractivity contribution in [3.63, 3.8) is 0 Å². The zero-order valence-electron chi connectivity index (χ0n) is 11.2. The Morgan fingerprint density at radius 2 is 2.15 bits per heavy atom. The van der Waals surface area contributed by atoms with Gasteiger partial charge in [0.05, 0.1) is 30.6 Å². The van der Waals surface area contributed by atoms with Gasteiger partial charge in [-0.1, -0.05) is 0 Å². The number of nitrogen functional groups attached to an aromatic ring is 1. The van der Waals surface area contributed by atoms with E-state index in [-0.39, 0.29) is 6.04 Å². The Bertz CT molecular complexity index is 685. The highest BCUT2D eigenvalue weighted by Crippen LogP contribution is 2.26. The monoisotopic (exact) mass is 268 g/mol. The number of hydrogen-bond acceptors (Lipinski definition) is 4. The number of aromatic nitrogens is 5. The molecule has 0 aliphatic carbocycles. The molecule has 3 heterocycles. The minimum Gasteiger partial charge on any atom is -0.383 e. The van der Waals surface area contributed by atoms with Gasteiger partial charge in [-0.3, -0.25) is 0 Å². The van der Waals surface area contributed by atoms with Gasteiger partial charge in [0.15, 0.2) is 0 Å². The Morgan fingerprint density at radius 3 is 2.90 bits per heavy atom. The van der Waals surface area contributed by atoms with Crippen LogP contribution >= 0.6 is 0 Å². The standard InChI is InChI=1S/C14H16N6/c1-11(8-19-6-5-16-9-19)20-10-17-7-13(20)12-3-2-4-18-14(12)15/h2-7,9-11H,8H2,1H3,(H2,15,18). The first-order chi connectivity index (χ1) is 9.75. The van der Waals surface area contributed by atoms with E-state index in [4.69, 9.17) is 5.73 Å². The second kappa shape index (κ2) is 5.16. The van der Waals surface area contributed by atoms with Gasteiger partial charge in [0.1, 0.15) is 5.82 Å². The molecule has 0 saturated carbocycles. The van der Waals surface area contributed by atoms with Crippen LogP contribution in [0.1, 0.15) is 13.0 Å². The van der Waals surface area contributed by atoms with Gasteiger partial charge in [-0.05, 0) is 19.1 Å². The van der Waals surface area contributed by atoms with E-state index in [2.05, 4.69) is 26.4 Å². The van der Waals surface area contributed by atoms with Crippen molar-refractivity contribution >= 4 is 5.82 Å². The molecule has 0 aliphatic rings. The molecule has 0 spiro atoms. The molecule has 0 aliphatic heterocycles. The number of nitrogens with two attached hydrogens (primary N) is 1. The Labute approximate surface area is 116 Å². The highest BCUT2D eigenvalue weighted by Gasteiger charge is 2.13. The lowest BCUT2D eigenvalue weighted by Crippen LogP contribution is -2.12. The predicted octanol–water partition coefficient (Wildman–Crippen LogP) is 1.98. The fraction of sp³-hybridized carbons (Fsp3) is 0.214. The van der Waals surface area contributed by atoms with Crippen LogP contribution in [0.3, 0.4) is 0 Å². The van der Waals surface area contributed by atoms with Crippen molar-refractivity contribution in [3.8, 4) is 11.3 Å². The molecule has 0 aromatic carbocycles. The van der Waals surface area contributed by atoms with Crippen LogP contribution < -0.4 is 5.73 Å². The van der Waals surface area contributed by atoms with E-state index in [1.54, 1.807) is 12.4 Å². The molecule has 0 saturated heterocycles. The highest BCUT2D eigenvalue weighted by molar-refractivity contribution is 5.70. The highest BCUT2D eigenvalue weighted by atomic mass is 15.1. The van der Waals surface area contributed by atoms with Crippen molar-refractivity contribution in [1.29, 1.82) is 0 Å². The van der Waals surface area contributed by atoms with Crippen molar-refractivity contribution in [2.75, 3.05) is 5.73 Å². The molecule has 2 N–H and O–H groups in total. The zero-order valence-corrected chi connectivity index (χ0v) is 11.2. The van der Waals surface area contributed by atoms with Crippen molar-refractivity contribution in [3.05, 3.63) is 49.6 Å². The van der Waals surface area contributed by atoms with Crippen LogP contribution in [0, 0.1) is 0 Å². The SMILES string of the molecule is CC(Cn1ccnc1)n1cncc1-c1cccnc1N. The Balaban J connectivity index is 1.92. The van der Waals surface area contributed by atoms with E-state index in [0.29, 0.717) is 5.82 Å². The van der Waals surface area contributed by atoms with E-state index < -0.39 is 0 Å². The summed E-state index contributed by atoms with van der Waals surface area (Å²) in [7, 11) is 0. The largest absolute Gasteiger partial charge is 0.383 e. The molecule has 0 radical (unpaired) electrons. The van der Waals surface area contributed by atoms with Crippen LogP contribution in [0.4, 0.5) is 5.82 Å². The first kappa shape index (κ1) is 12.4. The maximum atomic E-state index is 5.95. The van der Waals surface area contributed by atoms with Gasteiger partial charge >= 0.3 is 0 Å². The summed E-state index contributed by atoms with van der Waals surface area (Å²) in [4.78, 5) is 12.4. The van der Waals surface area contributed by atoms with Crippen molar-refractivity contribution < 1.29 is 0 Å². The fourth-order valence-corrected chi connectivity index (χ4v) is 2.29. The minimum absolute atomic E-state index is 0.237. The molecule has 1 atom stereocenters. The number of nitrogens with zero attached hydrogens (tertiary/aromatic N) is 5. The molecule has 3 rings (SSSR count). The molecule has 0 amide bonds. The first-order valence-electron chi connectivity index (χ1n) is 6.44. The molecule has 6 nitrogen and oxygen atoms in total. The molecule has 3 aromatic rings. The molecule has 3 aromatic heterocycles. The Morgan fingerprint density at radius 1 is 1.25 bits per heavy atom. The summed E-state index contributed by atoms with van der Waals surface area (Å²) < 4.78 is 4.15. The van der Waals surface area contributed by atoms with E-state index >= 15 is 0 Å². The van der Waals surface area contributed by atoms with Crippen molar-refractivity contribution in [2.24, 2.45) is 0 Å². The predicted molar refractivity (Wildman–Crippen MR) is 76.8 cm³/mol. The molecule has 0 fully saturated rings. The van der Waals surface area contributed by atoms with Gasteiger partial charge in [-0.25, -0.2) is 15.0 Å². The number of hydrogen-bond donors (Lipinski definition) is 1. The molecule has 0 bridgehead atoms. The van der Waals surface area contributed by atoms with E-state index in [1.807, 2.05) is 41.7 Å². The summed E-state index contributed by atoms with van der Waals surface area (Å²) in [5.74, 6) is 0.518. The van der Waals surface area contributed by atoms with Crippen LogP contribution in [0.25, 0.3) is 11.3 Å². The molecule has 20 heavy (non-hydrogen) atoms. The normalized spacial score (nSPS) is 12.4. The average Bonchev–Trinajstić information content (AvgIpc) is 3.09. The second-order valence-corrected chi connectivity index (χ2v) is 4.73.